The van der Waals surface area contributed by atoms with Crippen molar-refractivity contribution in [2.75, 3.05) is 0 Å². The number of rotatable bonds is 2. The van der Waals surface area contributed by atoms with Crippen LogP contribution >= 0.6 is 27.5 Å². The van der Waals surface area contributed by atoms with Crippen molar-refractivity contribution in [1.82, 2.24) is 9.97 Å². The van der Waals surface area contributed by atoms with Gasteiger partial charge < -0.3 is 0 Å². The van der Waals surface area contributed by atoms with E-state index < -0.39 is 0 Å². The number of nitrogens with zero attached hydrogens (tertiary/aromatic N) is 2. The van der Waals surface area contributed by atoms with Gasteiger partial charge in [0.2, 0.25) is 0 Å². The van der Waals surface area contributed by atoms with E-state index in [9.17, 15) is 0 Å². The SMILES string of the molecule is Cc1cc(C)cc(-c2nc(Cl)c(Br)c(C3CCCC3)n2)c1. The van der Waals surface area contributed by atoms with Crippen molar-refractivity contribution < 1.29 is 0 Å². The van der Waals surface area contributed by atoms with Crippen LogP contribution < -0.4 is 0 Å². The Balaban J connectivity index is 2.10. The smallest absolute Gasteiger partial charge is 0.161 e. The molecule has 0 unspecified atom stereocenters. The second-order valence-electron chi connectivity index (χ2n) is 5.90. The van der Waals surface area contributed by atoms with E-state index in [0.717, 1.165) is 21.6 Å². The van der Waals surface area contributed by atoms with Crippen LogP contribution in [0.5, 0.6) is 0 Å². The summed E-state index contributed by atoms with van der Waals surface area (Å²) in [4.78, 5) is 9.29. The van der Waals surface area contributed by atoms with Gasteiger partial charge in [0.1, 0.15) is 5.15 Å². The Kier molecular flexibility index (Phi) is 4.32. The lowest BCUT2D eigenvalue weighted by Gasteiger charge is -2.14. The Labute approximate surface area is 139 Å². The first-order valence-corrected chi connectivity index (χ1v) is 8.53. The maximum Gasteiger partial charge on any atom is 0.161 e. The van der Waals surface area contributed by atoms with Gasteiger partial charge in [-0.1, -0.05) is 41.6 Å². The quantitative estimate of drug-likeness (QED) is 0.625. The molecule has 2 nitrogen and oxygen atoms in total. The normalized spacial score (nSPS) is 15.6. The molecule has 1 fully saturated rings. The van der Waals surface area contributed by atoms with Crippen molar-refractivity contribution in [2.45, 2.75) is 45.4 Å². The van der Waals surface area contributed by atoms with Crippen LogP contribution in [0, 0.1) is 13.8 Å². The monoisotopic (exact) mass is 364 g/mol. The molecule has 3 rings (SSSR count). The van der Waals surface area contributed by atoms with E-state index in [1.54, 1.807) is 0 Å². The minimum Gasteiger partial charge on any atom is -0.231 e. The number of hydrogen-bond donors (Lipinski definition) is 0. The van der Waals surface area contributed by atoms with Crippen molar-refractivity contribution in [3.8, 4) is 11.4 Å². The lowest BCUT2D eigenvalue weighted by atomic mass is 10.0. The molecule has 0 aliphatic heterocycles. The molecule has 4 heteroatoms. The topological polar surface area (TPSA) is 25.8 Å². The zero-order valence-electron chi connectivity index (χ0n) is 12.3. The molecule has 0 bridgehead atoms. The van der Waals surface area contributed by atoms with Gasteiger partial charge in [-0.25, -0.2) is 9.97 Å². The zero-order chi connectivity index (χ0) is 15.0. The molecule has 0 amide bonds. The van der Waals surface area contributed by atoms with Gasteiger partial charge in [-0.2, -0.15) is 0 Å². The van der Waals surface area contributed by atoms with Crippen molar-refractivity contribution in [2.24, 2.45) is 0 Å². The Morgan fingerprint density at radius 1 is 1.05 bits per heavy atom. The second kappa shape index (κ2) is 6.05. The number of halogens is 2. The minimum absolute atomic E-state index is 0.504. The molecule has 2 aromatic rings. The average molecular weight is 366 g/mol. The molecule has 110 valence electrons. The zero-order valence-corrected chi connectivity index (χ0v) is 14.6. The molecule has 1 aliphatic rings. The van der Waals surface area contributed by atoms with Gasteiger partial charge in [-0.05, 0) is 54.8 Å². The highest BCUT2D eigenvalue weighted by Gasteiger charge is 2.23. The summed E-state index contributed by atoms with van der Waals surface area (Å²) in [6.07, 6.45) is 4.94. The molecule has 1 aromatic carbocycles. The Morgan fingerprint density at radius 2 is 1.67 bits per heavy atom. The van der Waals surface area contributed by atoms with Gasteiger partial charge in [0, 0.05) is 11.5 Å². The van der Waals surface area contributed by atoms with E-state index in [1.165, 1.54) is 36.8 Å². The number of hydrogen-bond acceptors (Lipinski definition) is 2. The van der Waals surface area contributed by atoms with Gasteiger partial charge in [0.15, 0.2) is 5.82 Å². The summed E-state index contributed by atoms with van der Waals surface area (Å²) in [5.41, 5.74) is 4.55. The van der Waals surface area contributed by atoms with Crippen LogP contribution in [0.25, 0.3) is 11.4 Å². The van der Waals surface area contributed by atoms with Crippen LogP contribution in [-0.4, -0.2) is 9.97 Å². The summed E-state index contributed by atoms with van der Waals surface area (Å²) in [6, 6.07) is 6.39. The molecule has 0 spiro atoms. The maximum absolute atomic E-state index is 6.33. The first kappa shape index (κ1) is 15.0. The van der Waals surface area contributed by atoms with Crippen LogP contribution in [0.2, 0.25) is 5.15 Å². The highest BCUT2D eigenvalue weighted by Crippen LogP contribution is 2.39. The Hall–Kier alpha value is -0.930. The standard InChI is InChI=1S/C17H18BrClN2/c1-10-7-11(2)9-13(8-10)17-20-15(12-5-3-4-6-12)14(18)16(19)21-17/h7-9,12H,3-6H2,1-2H3. The number of aromatic nitrogens is 2. The first-order chi connectivity index (χ1) is 10.0. The lowest BCUT2D eigenvalue weighted by molar-refractivity contribution is 0.691. The lowest BCUT2D eigenvalue weighted by Crippen LogP contribution is -2.03. The van der Waals surface area contributed by atoms with Crippen molar-refractivity contribution in [3.05, 3.63) is 44.6 Å². The molecule has 21 heavy (non-hydrogen) atoms. The van der Waals surface area contributed by atoms with Gasteiger partial charge in [0.25, 0.3) is 0 Å². The molecular weight excluding hydrogens is 348 g/mol. The van der Waals surface area contributed by atoms with Gasteiger partial charge in [-0.15, -0.1) is 0 Å². The first-order valence-electron chi connectivity index (χ1n) is 7.36. The van der Waals surface area contributed by atoms with E-state index in [4.69, 9.17) is 16.6 Å². The summed E-state index contributed by atoms with van der Waals surface area (Å²) in [5.74, 6) is 1.24. The van der Waals surface area contributed by atoms with E-state index in [-0.39, 0.29) is 0 Å². The number of aryl methyl sites for hydroxylation is 2. The van der Waals surface area contributed by atoms with Crippen LogP contribution in [0.4, 0.5) is 0 Å². The van der Waals surface area contributed by atoms with Crippen LogP contribution in [0.3, 0.4) is 0 Å². The summed E-state index contributed by atoms with van der Waals surface area (Å²) < 4.78 is 0.865. The molecule has 1 aliphatic carbocycles. The molecule has 1 heterocycles. The van der Waals surface area contributed by atoms with E-state index >= 15 is 0 Å². The van der Waals surface area contributed by atoms with Crippen LogP contribution in [0.1, 0.15) is 48.4 Å². The molecule has 1 aromatic heterocycles. The van der Waals surface area contributed by atoms with E-state index in [2.05, 4.69) is 53.0 Å². The summed E-state index contributed by atoms with van der Waals surface area (Å²) in [5, 5.41) is 0.515. The molecule has 0 radical (unpaired) electrons. The minimum atomic E-state index is 0.504. The highest BCUT2D eigenvalue weighted by atomic mass is 79.9. The highest BCUT2D eigenvalue weighted by molar-refractivity contribution is 9.10. The van der Waals surface area contributed by atoms with E-state index in [0.29, 0.717) is 11.1 Å². The average Bonchev–Trinajstić information content (AvgIpc) is 2.94. The third-order valence-electron chi connectivity index (χ3n) is 4.06. The fraction of sp³-hybridized carbons (Fsp3) is 0.412. The van der Waals surface area contributed by atoms with Crippen LogP contribution in [-0.2, 0) is 0 Å². The van der Waals surface area contributed by atoms with Crippen molar-refractivity contribution in [1.29, 1.82) is 0 Å². The third kappa shape index (κ3) is 3.14. The summed E-state index contributed by atoms with van der Waals surface area (Å²) >= 11 is 9.90. The van der Waals surface area contributed by atoms with Crippen molar-refractivity contribution in [3.63, 3.8) is 0 Å². The predicted molar refractivity (Wildman–Crippen MR) is 90.9 cm³/mol. The van der Waals surface area contributed by atoms with Crippen LogP contribution in [0.15, 0.2) is 22.7 Å². The molecular formula is C17H18BrClN2. The summed E-state index contributed by atoms with van der Waals surface area (Å²) in [7, 11) is 0. The summed E-state index contributed by atoms with van der Waals surface area (Å²) in [6.45, 7) is 4.18. The van der Waals surface area contributed by atoms with Crippen molar-refractivity contribution >= 4 is 27.5 Å². The van der Waals surface area contributed by atoms with Gasteiger partial charge in [0.05, 0.1) is 10.2 Å². The molecule has 1 saturated carbocycles. The second-order valence-corrected chi connectivity index (χ2v) is 7.05. The van der Waals surface area contributed by atoms with E-state index in [1.807, 2.05) is 0 Å². The van der Waals surface area contributed by atoms with Gasteiger partial charge in [-0.3, -0.25) is 0 Å². The maximum atomic E-state index is 6.33. The fourth-order valence-corrected chi connectivity index (χ4v) is 3.82. The molecule has 0 saturated heterocycles. The third-order valence-corrected chi connectivity index (χ3v) is 5.34. The number of benzene rings is 1. The van der Waals surface area contributed by atoms with Gasteiger partial charge >= 0.3 is 0 Å². The fourth-order valence-electron chi connectivity index (χ4n) is 3.14. The molecule has 0 N–H and O–H groups in total. The molecule has 0 atom stereocenters. The predicted octanol–water partition coefficient (Wildman–Crippen LogP) is 5.83. The largest absolute Gasteiger partial charge is 0.231 e. The Morgan fingerprint density at radius 3 is 2.29 bits per heavy atom. The Bertz CT molecular complexity index is 658.